The lowest BCUT2D eigenvalue weighted by Crippen LogP contribution is -2.29. The number of aromatic nitrogens is 1. The van der Waals surface area contributed by atoms with Crippen molar-refractivity contribution in [2.24, 2.45) is 0 Å². The molecule has 0 saturated carbocycles. The first-order valence-corrected chi connectivity index (χ1v) is 10.7. The number of amides is 1. The first kappa shape index (κ1) is 20.0. The van der Waals surface area contributed by atoms with Crippen LogP contribution in [-0.2, 0) is 22.6 Å². The van der Waals surface area contributed by atoms with E-state index in [-0.39, 0.29) is 17.9 Å². The van der Waals surface area contributed by atoms with Gasteiger partial charge in [-0.2, -0.15) is 0 Å². The molecule has 1 aliphatic rings. The van der Waals surface area contributed by atoms with Gasteiger partial charge in [0.05, 0.1) is 17.8 Å². The van der Waals surface area contributed by atoms with Gasteiger partial charge in [0, 0.05) is 16.6 Å². The van der Waals surface area contributed by atoms with Gasteiger partial charge in [-0.1, -0.05) is 37.3 Å². The van der Waals surface area contributed by atoms with E-state index in [1.54, 1.807) is 24.4 Å². The molecule has 30 heavy (non-hydrogen) atoms. The largest absolute Gasteiger partial charge is 0.507 e. The second kappa shape index (κ2) is 8.24. The number of benzene rings is 1. The van der Waals surface area contributed by atoms with Gasteiger partial charge in [0.1, 0.15) is 11.8 Å². The molecule has 3 heterocycles. The minimum absolute atomic E-state index is 0.130. The van der Waals surface area contributed by atoms with Gasteiger partial charge in [-0.25, -0.2) is 0 Å². The summed E-state index contributed by atoms with van der Waals surface area (Å²) in [5.74, 6) is -1.43. The van der Waals surface area contributed by atoms with Crippen LogP contribution in [0.2, 0.25) is 0 Å². The molecule has 0 aliphatic carbocycles. The van der Waals surface area contributed by atoms with Crippen LogP contribution in [0.15, 0.2) is 65.7 Å². The summed E-state index contributed by atoms with van der Waals surface area (Å²) in [5, 5.41) is 13.0. The molecule has 1 N–H and O–H groups in total. The molecule has 1 aromatic carbocycles. The maximum absolute atomic E-state index is 13.0. The molecule has 0 radical (unpaired) electrons. The fraction of sp³-hybridized carbons (Fsp3) is 0.208. The van der Waals surface area contributed by atoms with Gasteiger partial charge < -0.3 is 10.0 Å². The highest BCUT2D eigenvalue weighted by Crippen LogP contribution is 2.43. The Morgan fingerprint density at radius 1 is 1.13 bits per heavy atom. The number of rotatable bonds is 5. The molecule has 0 bridgehead atoms. The van der Waals surface area contributed by atoms with Gasteiger partial charge in [0.25, 0.3) is 11.7 Å². The predicted molar refractivity (Wildman–Crippen MR) is 117 cm³/mol. The van der Waals surface area contributed by atoms with E-state index in [1.165, 1.54) is 16.2 Å². The van der Waals surface area contributed by atoms with Crippen LogP contribution in [0, 0.1) is 6.92 Å². The zero-order valence-electron chi connectivity index (χ0n) is 16.8. The zero-order chi connectivity index (χ0) is 21.3. The van der Waals surface area contributed by atoms with E-state index in [0.29, 0.717) is 11.3 Å². The smallest absolute Gasteiger partial charge is 0.296 e. The Labute approximate surface area is 179 Å². The molecule has 1 aliphatic heterocycles. The third-order valence-corrected chi connectivity index (χ3v) is 6.46. The van der Waals surface area contributed by atoms with E-state index >= 15 is 0 Å². The van der Waals surface area contributed by atoms with Crippen molar-refractivity contribution in [3.05, 3.63) is 92.9 Å². The van der Waals surface area contributed by atoms with Crippen molar-refractivity contribution < 1.29 is 14.7 Å². The molecule has 1 saturated heterocycles. The van der Waals surface area contributed by atoms with Crippen LogP contribution in [-0.4, -0.2) is 26.7 Å². The minimum atomic E-state index is -0.666. The van der Waals surface area contributed by atoms with Crippen LogP contribution in [0.5, 0.6) is 0 Å². The molecule has 152 valence electrons. The fourth-order valence-electron chi connectivity index (χ4n) is 3.70. The number of hydrogen-bond acceptors (Lipinski definition) is 5. The maximum Gasteiger partial charge on any atom is 0.296 e. The highest BCUT2D eigenvalue weighted by atomic mass is 32.1. The molecule has 0 spiro atoms. The number of thiophene rings is 1. The number of carbonyl (C=O) groups excluding carboxylic acids is 2. The Hall–Kier alpha value is -3.25. The molecular formula is C24H22N2O3S. The van der Waals surface area contributed by atoms with Gasteiger partial charge in [-0.15, -0.1) is 11.3 Å². The minimum Gasteiger partial charge on any atom is -0.507 e. The monoisotopic (exact) mass is 418 g/mol. The summed E-state index contributed by atoms with van der Waals surface area (Å²) in [6.45, 7) is 4.19. The number of aliphatic hydroxyl groups excluding tert-OH is 1. The Morgan fingerprint density at radius 2 is 1.90 bits per heavy atom. The van der Waals surface area contributed by atoms with E-state index in [0.717, 1.165) is 22.4 Å². The number of pyridine rings is 1. The van der Waals surface area contributed by atoms with Crippen molar-refractivity contribution in [3.63, 3.8) is 0 Å². The van der Waals surface area contributed by atoms with Crippen LogP contribution in [0.25, 0.3) is 5.76 Å². The molecule has 1 amide bonds. The van der Waals surface area contributed by atoms with Crippen LogP contribution in [0.3, 0.4) is 0 Å². The molecule has 2 aromatic heterocycles. The summed E-state index contributed by atoms with van der Waals surface area (Å²) < 4.78 is 0. The number of hydrogen-bond donors (Lipinski definition) is 1. The molecule has 1 unspecified atom stereocenters. The van der Waals surface area contributed by atoms with Crippen molar-refractivity contribution in [1.29, 1.82) is 0 Å². The highest BCUT2D eigenvalue weighted by Gasteiger charge is 2.47. The van der Waals surface area contributed by atoms with Crippen LogP contribution < -0.4 is 0 Å². The van der Waals surface area contributed by atoms with Gasteiger partial charge in [-0.3, -0.25) is 14.6 Å². The summed E-state index contributed by atoms with van der Waals surface area (Å²) in [7, 11) is 0. The van der Waals surface area contributed by atoms with E-state index < -0.39 is 17.7 Å². The number of ketones is 1. The summed E-state index contributed by atoms with van der Waals surface area (Å²) in [5.41, 5.74) is 3.46. The summed E-state index contributed by atoms with van der Waals surface area (Å²) in [4.78, 5) is 32.7. The average molecular weight is 419 g/mol. The number of nitrogens with zero attached hydrogens (tertiary/aromatic N) is 2. The van der Waals surface area contributed by atoms with Crippen molar-refractivity contribution in [3.8, 4) is 0 Å². The topological polar surface area (TPSA) is 70.5 Å². The number of likely N-dealkylation sites (tertiary alicyclic amines) is 1. The van der Waals surface area contributed by atoms with Gasteiger partial charge in [-0.05, 0) is 48.1 Å². The highest BCUT2D eigenvalue weighted by molar-refractivity contribution is 7.10. The number of aliphatic hydroxyl groups is 1. The number of Topliss-reactive ketones (excluding diaryl/α,β-unsaturated/α-hetero) is 1. The lowest BCUT2D eigenvalue weighted by molar-refractivity contribution is -0.140. The van der Waals surface area contributed by atoms with E-state index in [4.69, 9.17) is 0 Å². The Morgan fingerprint density at radius 3 is 2.50 bits per heavy atom. The first-order chi connectivity index (χ1) is 14.5. The molecule has 6 heteroatoms. The molecule has 5 nitrogen and oxygen atoms in total. The zero-order valence-corrected chi connectivity index (χ0v) is 17.6. The SMILES string of the molecule is CCc1ccc(/C(O)=C2/C(=O)C(=O)N(Cc3ccccn3)C2c2sccc2C)cc1. The second-order valence-electron chi connectivity index (χ2n) is 7.27. The lowest BCUT2D eigenvalue weighted by atomic mass is 9.97. The van der Waals surface area contributed by atoms with Crippen molar-refractivity contribution in [2.45, 2.75) is 32.9 Å². The number of carbonyl (C=O) groups is 2. The Bertz CT molecular complexity index is 1120. The summed E-state index contributed by atoms with van der Waals surface area (Å²) in [6.07, 6.45) is 2.54. The van der Waals surface area contributed by atoms with Crippen LogP contribution >= 0.6 is 11.3 Å². The standard InChI is InChI=1S/C24H22N2O3S/c1-3-16-7-9-17(10-8-16)21(27)19-20(23-15(2)11-13-30-23)26(24(29)22(19)28)14-18-6-4-5-12-25-18/h4-13,20,27H,3,14H2,1-2H3/b21-19-. The number of aryl methyl sites for hydroxylation is 2. The van der Waals surface area contributed by atoms with Crippen molar-refractivity contribution in [1.82, 2.24) is 9.88 Å². The predicted octanol–water partition coefficient (Wildman–Crippen LogP) is 4.64. The third-order valence-electron chi connectivity index (χ3n) is 5.38. The second-order valence-corrected chi connectivity index (χ2v) is 8.21. The molecule has 3 aromatic rings. The van der Waals surface area contributed by atoms with E-state index in [1.807, 2.05) is 42.6 Å². The Balaban J connectivity index is 1.84. The van der Waals surface area contributed by atoms with E-state index in [2.05, 4.69) is 11.9 Å². The van der Waals surface area contributed by atoms with Gasteiger partial charge in [0.15, 0.2) is 0 Å². The third kappa shape index (κ3) is 3.55. The average Bonchev–Trinajstić information content (AvgIpc) is 3.30. The molecule has 1 fully saturated rings. The van der Waals surface area contributed by atoms with E-state index in [9.17, 15) is 14.7 Å². The Kier molecular flexibility index (Phi) is 5.50. The maximum atomic E-state index is 13.0. The van der Waals surface area contributed by atoms with Crippen LogP contribution in [0.4, 0.5) is 0 Å². The quantitative estimate of drug-likeness (QED) is 0.372. The molecule has 4 rings (SSSR count). The van der Waals surface area contributed by atoms with Crippen LogP contribution in [0.1, 0.15) is 40.2 Å². The molecule has 1 atom stereocenters. The first-order valence-electron chi connectivity index (χ1n) is 9.83. The van der Waals surface area contributed by atoms with Gasteiger partial charge >= 0.3 is 0 Å². The molecular weight excluding hydrogens is 396 g/mol. The summed E-state index contributed by atoms with van der Waals surface area (Å²) >= 11 is 1.48. The normalized spacial score (nSPS) is 18.2. The van der Waals surface area contributed by atoms with Crippen molar-refractivity contribution in [2.75, 3.05) is 0 Å². The lowest BCUT2D eigenvalue weighted by Gasteiger charge is -2.24. The van der Waals surface area contributed by atoms with Crippen molar-refractivity contribution >= 4 is 28.8 Å². The summed E-state index contributed by atoms with van der Waals surface area (Å²) in [6, 6.07) is 14.2. The fourth-order valence-corrected chi connectivity index (χ4v) is 4.75. The van der Waals surface area contributed by atoms with Gasteiger partial charge in [0.2, 0.25) is 0 Å².